The molecule has 1 amide bonds. The zero-order chi connectivity index (χ0) is 15.8. The van der Waals surface area contributed by atoms with Crippen molar-refractivity contribution in [3.63, 3.8) is 0 Å². The molecule has 2 rings (SSSR count). The molecule has 0 fully saturated rings. The molecule has 0 bridgehead atoms. The number of hydrogen-bond donors (Lipinski definition) is 1. The maximum atomic E-state index is 12.1. The average Bonchev–Trinajstić information content (AvgIpc) is 2.71. The van der Waals surface area contributed by atoms with Gasteiger partial charge >= 0.3 is 0 Å². The van der Waals surface area contributed by atoms with E-state index in [9.17, 15) is 23.3 Å². The highest BCUT2D eigenvalue weighted by Crippen LogP contribution is 2.31. The van der Waals surface area contributed by atoms with Crippen LogP contribution < -0.4 is 5.32 Å². The molecule has 0 radical (unpaired) electrons. The van der Waals surface area contributed by atoms with Crippen LogP contribution >= 0.6 is 23.2 Å². The number of nitrogens with zero attached hydrogens (tertiary/aromatic N) is 1. The number of carbonyl (C=O) groups is 1. The standard InChI is InChI=1S/C11H8Cl2N2O5S/c12-9-4-7(15(17)18)3-8(10(9)13)11(16)14-6-1-2-21(19,20)5-6/h1-4,6H,5H2,(H,14,16). The summed E-state index contributed by atoms with van der Waals surface area (Å²) in [5, 5.41) is 13.9. The quantitative estimate of drug-likeness (QED) is 0.662. The number of carbonyl (C=O) groups excluding carboxylic acids is 1. The van der Waals surface area contributed by atoms with E-state index < -0.39 is 26.7 Å². The van der Waals surface area contributed by atoms with Gasteiger partial charge in [0, 0.05) is 17.5 Å². The van der Waals surface area contributed by atoms with E-state index in [0.29, 0.717) is 0 Å². The highest BCUT2D eigenvalue weighted by atomic mass is 35.5. The van der Waals surface area contributed by atoms with Crippen molar-refractivity contribution in [1.82, 2.24) is 5.32 Å². The molecule has 112 valence electrons. The third kappa shape index (κ3) is 3.52. The van der Waals surface area contributed by atoms with Crippen molar-refractivity contribution in [3.05, 3.63) is 49.3 Å². The fourth-order valence-electron chi connectivity index (χ4n) is 1.76. The summed E-state index contributed by atoms with van der Waals surface area (Å²) in [4.78, 5) is 22.1. The maximum Gasteiger partial charge on any atom is 0.271 e. The molecule has 0 spiro atoms. The van der Waals surface area contributed by atoms with Crippen LogP contribution in [-0.2, 0) is 9.84 Å². The average molecular weight is 351 g/mol. The molecule has 1 N–H and O–H groups in total. The number of nitro benzene ring substituents is 1. The summed E-state index contributed by atoms with van der Waals surface area (Å²) in [6.45, 7) is 0. The van der Waals surface area contributed by atoms with E-state index in [0.717, 1.165) is 17.5 Å². The number of halogens is 2. The fraction of sp³-hybridized carbons (Fsp3) is 0.182. The lowest BCUT2D eigenvalue weighted by Gasteiger charge is -2.11. The van der Waals surface area contributed by atoms with Gasteiger partial charge in [-0.15, -0.1) is 0 Å². The molecule has 21 heavy (non-hydrogen) atoms. The van der Waals surface area contributed by atoms with Gasteiger partial charge in [-0.1, -0.05) is 23.2 Å². The number of nitro groups is 1. The van der Waals surface area contributed by atoms with Gasteiger partial charge in [-0.3, -0.25) is 14.9 Å². The van der Waals surface area contributed by atoms with Crippen LogP contribution in [0.2, 0.25) is 10.0 Å². The molecule has 10 heteroatoms. The minimum atomic E-state index is -3.33. The predicted molar refractivity (Wildman–Crippen MR) is 77.3 cm³/mol. The van der Waals surface area contributed by atoms with Gasteiger partial charge in [0.2, 0.25) is 0 Å². The molecule has 7 nitrogen and oxygen atoms in total. The molecule has 0 aromatic heterocycles. The second-order valence-corrected chi connectivity index (χ2v) is 7.00. The number of sulfone groups is 1. The first kappa shape index (κ1) is 15.7. The largest absolute Gasteiger partial charge is 0.345 e. The molecule has 1 heterocycles. The van der Waals surface area contributed by atoms with E-state index in [1.807, 2.05) is 0 Å². The van der Waals surface area contributed by atoms with E-state index >= 15 is 0 Å². The molecule has 1 aromatic rings. The SMILES string of the molecule is O=C(NC1C=CS(=O)(=O)C1)c1cc([N+](=O)[O-])cc(Cl)c1Cl. The minimum Gasteiger partial charge on any atom is -0.345 e. The van der Waals surface area contributed by atoms with Crippen molar-refractivity contribution < 1.29 is 18.1 Å². The number of amides is 1. The summed E-state index contributed by atoms with van der Waals surface area (Å²) in [6, 6.07) is 1.30. The summed E-state index contributed by atoms with van der Waals surface area (Å²) >= 11 is 11.6. The second-order valence-electron chi connectivity index (χ2n) is 4.28. The molecular formula is C11H8Cl2N2O5S. The van der Waals surface area contributed by atoms with Crippen LogP contribution in [0.1, 0.15) is 10.4 Å². The van der Waals surface area contributed by atoms with Crippen LogP contribution in [0.25, 0.3) is 0 Å². The Hall–Kier alpha value is -1.64. The molecule has 0 saturated carbocycles. The van der Waals surface area contributed by atoms with E-state index in [1.165, 1.54) is 6.08 Å². The van der Waals surface area contributed by atoms with Gasteiger partial charge < -0.3 is 5.32 Å². The number of non-ortho nitro benzene ring substituents is 1. The Balaban J connectivity index is 2.27. The van der Waals surface area contributed by atoms with Crippen molar-refractivity contribution >= 4 is 44.6 Å². The lowest BCUT2D eigenvalue weighted by molar-refractivity contribution is -0.384. The summed E-state index contributed by atoms with van der Waals surface area (Å²) in [5.41, 5.74) is -0.572. The van der Waals surface area contributed by atoms with E-state index in [4.69, 9.17) is 23.2 Å². The van der Waals surface area contributed by atoms with Gasteiger partial charge in [-0.25, -0.2) is 8.42 Å². The first-order valence-electron chi connectivity index (χ1n) is 5.55. The maximum absolute atomic E-state index is 12.1. The minimum absolute atomic E-state index is 0.134. The van der Waals surface area contributed by atoms with Crippen molar-refractivity contribution in [2.75, 3.05) is 5.75 Å². The first-order chi connectivity index (χ1) is 9.69. The van der Waals surface area contributed by atoms with Crippen LogP contribution in [0.5, 0.6) is 0 Å². The monoisotopic (exact) mass is 350 g/mol. The molecule has 1 unspecified atom stereocenters. The van der Waals surface area contributed by atoms with E-state index in [-0.39, 0.29) is 27.0 Å². The Labute approximate surface area is 129 Å². The third-order valence-electron chi connectivity index (χ3n) is 2.71. The van der Waals surface area contributed by atoms with Crippen LogP contribution in [0, 0.1) is 10.1 Å². The summed E-state index contributed by atoms with van der Waals surface area (Å²) in [7, 11) is -3.33. The summed E-state index contributed by atoms with van der Waals surface area (Å²) in [6.07, 6.45) is 1.32. The second kappa shape index (κ2) is 5.63. The summed E-state index contributed by atoms with van der Waals surface area (Å²) < 4.78 is 22.5. The highest BCUT2D eigenvalue weighted by Gasteiger charge is 2.26. The lowest BCUT2D eigenvalue weighted by Crippen LogP contribution is -2.35. The van der Waals surface area contributed by atoms with Crippen LogP contribution in [0.15, 0.2) is 23.6 Å². The van der Waals surface area contributed by atoms with Gasteiger partial charge in [0.05, 0.1) is 32.3 Å². The Kier molecular flexibility index (Phi) is 4.22. The van der Waals surface area contributed by atoms with Gasteiger partial charge in [-0.2, -0.15) is 0 Å². The number of hydrogen-bond acceptors (Lipinski definition) is 5. The zero-order valence-electron chi connectivity index (χ0n) is 10.2. The molecule has 1 aliphatic rings. The third-order valence-corrected chi connectivity index (χ3v) is 4.91. The van der Waals surface area contributed by atoms with E-state index in [2.05, 4.69) is 5.32 Å². The summed E-state index contributed by atoms with van der Waals surface area (Å²) in [5.74, 6) is -1.00. The number of benzene rings is 1. The molecule has 0 saturated heterocycles. The smallest absolute Gasteiger partial charge is 0.271 e. The Morgan fingerprint density at radius 3 is 2.57 bits per heavy atom. The normalized spacial score (nSPS) is 19.4. The van der Waals surface area contributed by atoms with E-state index in [1.54, 1.807) is 0 Å². The van der Waals surface area contributed by atoms with Gasteiger partial charge in [0.15, 0.2) is 9.84 Å². The van der Waals surface area contributed by atoms with Gasteiger partial charge in [0.1, 0.15) is 0 Å². The first-order valence-corrected chi connectivity index (χ1v) is 8.02. The van der Waals surface area contributed by atoms with Crippen LogP contribution in [-0.4, -0.2) is 31.0 Å². The Bertz CT molecular complexity index is 760. The van der Waals surface area contributed by atoms with Crippen molar-refractivity contribution in [3.8, 4) is 0 Å². The number of rotatable bonds is 3. The predicted octanol–water partition coefficient (Wildman–Crippen LogP) is 1.94. The fourth-order valence-corrected chi connectivity index (χ4v) is 3.40. The Morgan fingerprint density at radius 2 is 2.05 bits per heavy atom. The van der Waals surface area contributed by atoms with Gasteiger partial charge in [0.25, 0.3) is 11.6 Å². The zero-order valence-corrected chi connectivity index (χ0v) is 12.6. The number of nitrogens with one attached hydrogen (secondary N) is 1. The lowest BCUT2D eigenvalue weighted by atomic mass is 10.1. The molecule has 1 aromatic carbocycles. The molecular weight excluding hydrogens is 343 g/mol. The van der Waals surface area contributed by atoms with Crippen molar-refractivity contribution in [2.45, 2.75) is 6.04 Å². The van der Waals surface area contributed by atoms with Crippen LogP contribution in [0.4, 0.5) is 5.69 Å². The van der Waals surface area contributed by atoms with Gasteiger partial charge in [-0.05, 0) is 6.08 Å². The van der Waals surface area contributed by atoms with Crippen molar-refractivity contribution in [2.24, 2.45) is 0 Å². The topological polar surface area (TPSA) is 106 Å². The molecule has 1 atom stereocenters. The Morgan fingerprint density at radius 1 is 1.38 bits per heavy atom. The molecule has 0 aliphatic carbocycles. The highest BCUT2D eigenvalue weighted by molar-refractivity contribution is 7.94. The van der Waals surface area contributed by atoms with Crippen LogP contribution in [0.3, 0.4) is 0 Å². The molecule has 1 aliphatic heterocycles. The van der Waals surface area contributed by atoms with Crippen molar-refractivity contribution in [1.29, 1.82) is 0 Å².